The summed E-state index contributed by atoms with van der Waals surface area (Å²) in [5.41, 5.74) is 1.66. The number of carbonyl (C=O) groups excluding carboxylic acids is 1. The molecular formula is C21H24N6O3. The Hall–Kier alpha value is -3.62. The summed E-state index contributed by atoms with van der Waals surface area (Å²) >= 11 is 0. The zero-order valence-corrected chi connectivity index (χ0v) is 16.4. The molecule has 1 aliphatic rings. The average molecular weight is 408 g/mol. The second kappa shape index (κ2) is 8.81. The second-order valence-electron chi connectivity index (χ2n) is 7.40. The van der Waals surface area contributed by atoms with Gasteiger partial charge in [0.15, 0.2) is 0 Å². The maximum Gasteiger partial charge on any atom is 0.326 e. The minimum atomic E-state index is -1.05. The van der Waals surface area contributed by atoms with Crippen molar-refractivity contribution in [2.45, 2.75) is 31.3 Å². The van der Waals surface area contributed by atoms with Crippen molar-refractivity contribution in [1.29, 1.82) is 0 Å². The predicted octanol–water partition coefficient (Wildman–Crippen LogP) is 1.92. The number of aliphatic carboxylic acids is 1. The highest BCUT2D eigenvalue weighted by Crippen LogP contribution is 2.24. The molecule has 0 bridgehead atoms. The maximum atomic E-state index is 12.4. The largest absolute Gasteiger partial charge is 0.480 e. The molecule has 1 atom stereocenters. The molecule has 30 heavy (non-hydrogen) atoms. The number of benzene rings is 1. The van der Waals surface area contributed by atoms with Gasteiger partial charge in [-0.2, -0.15) is 0 Å². The Labute approximate surface area is 173 Å². The highest BCUT2D eigenvalue weighted by atomic mass is 16.4. The molecule has 1 aromatic carbocycles. The molecule has 1 aliphatic heterocycles. The van der Waals surface area contributed by atoms with Gasteiger partial charge in [0, 0.05) is 31.7 Å². The van der Waals surface area contributed by atoms with Gasteiger partial charge in [0.05, 0.1) is 5.39 Å². The number of hydrogen-bond acceptors (Lipinski definition) is 5. The molecule has 2 aromatic heterocycles. The fraction of sp³-hybridized carbons (Fsp3) is 0.333. The highest BCUT2D eigenvalue weighted by molar-refractivity contribution is 5.87. The van der Waals surface area contributed by atoms with Crippen molar-refractivity contribution >= 4 is 28.9 Å². The maximum absolute atomic E-state index is 12.4. The van der Waals surface area contributed by atoms with Crippen LogP contribution in [0.15, 0.2) is 48.9 Å². The normalized spacial score (nSPS) is 15.7. The molecule has 1 unspecified atom stereocenters. The van der Waals surface area contributed by atoms with E-state index in [-0.39, 0.29) is 12.5 Å². The lowest BCUT2D eigenvalue weighted by atomic mass is 10.0. The van der Waals surface area contributed by atoms with Crippen LogP contribution in [0.5, 0.6) is 0 Å². The van der Waals surface area contributed by atoms with Gasteiger partial charge in [0.1, 0.15) is 23.8 Å². The number of urea groups is 1. The first-order chi connectivity index (χ1) is 14.6. The van der Waals surface area contributed by atoms with E-state index in [0.717, 1.165) is 48.3 Å². The number of H-pyrrole nitrogens is 1. The molecule has 1 saturated heterocycles. The van der Waals surface area contributed by atoms with Gasteiger partial charge in [-0.15, -0.1) is 0 Å². The number of aromatic amines is 1. The van der Waals surface area contributed by atoms with Crippen LogP contribution >= 0.6 is 0 Å². The molecule has 3 aromatic rings. The lowest BCUT2D eigenvalue weighted by Crippen LogP contribution is -2.52. The first-order valence-corrected chi connectivity index (χ1v) is 9.97. The van der Waals surface area contributed by atoms with Crippen LogP contribution in [-0.2, 0) is 11.2 Å². The molecule has 2 amide bonds. The number of fused-ring (bicyclic) bond motifs is 1. The lowest BCUT2D eigenvalue weighted by Gasteiger charge is -2.33. The summed E-state index contributed by atoms with van der Waals surface area (Å²) in [6.07, 6.45) is 5.13. The number of rotatable bonds is 6. The zero-order chi connectivity index (χ0) is 20.9. The third-order valence-electron chi connectivity index (χ3n) is 5.35. The summed E-state index contributed by atoms with van der Waals surface area (Å²) in [5.74, 6) is -0.166. The van der Waals surface area contributed by atoms with E-state index in [1.807, 2.05) is 42.6 Å². The van der Waals surface area contributed by atoms with Gasteiger partial charge >= 0.3 is 12.0 Å². The third kappa shape index (κ3) is 4.51. The van der Waals surface area contributed by atoms with E-state index in [1.54, 1.807) is 6.33 Å². The summed E-state index contributed by atoms with van der Waals surface area (Å²) in [6.45, 7) is 1.49. The fourth-order valence-corrected chi connectivity index (χ4v) is 3.78. The minimum Gasteiger partial charge on any atom is -0.480 e. The molecular weight excluding hydrogens is 384 g/mol. The van der Waals surface area contributed by atoms with Crippen molar-refractivity contribution in [2.75, 3.05) is 18.0 Å². The van der Waals surface area contributed by atoms with Crippen LogP contribution in [0.2, 0.25) is 0 Å². The number of hydrogen-bond donors (Lipinski definition) is 4. The zero-order valence-electron chi connectivity index (χ0n) is 16.4. The molecule has 1 fully saturated rings. The van der Waals surface area contributed by atoms with Gasteiger partial charge in [-0.05, 0) is 24.5 Å². The lowest BCUT2D eigenvalue weighted by molar-refractivity contribution is -0.139. The standard InChI is InChI=1S/C21H24N6O3/c28-20(29)17(12-14-4-2-1-3-5-14)26-21(30)25-15-7-10-27(11-8-15)19-16-6-9-22-18(16)23-13-24-19/h1-6,9,13,15,17H,7-8,10-12H2,(H,28,29)(H,22,23,24)(H2,25,26,30). The number of carboxylic acids is 1. The SMILES string of the molecule is O=C(NC1CCN(c2ncnc3[nH]ccc23)CC1)NC(Cc1ccccc1)C(=O)O. The Morgan fingerprint density at radius 1 is 1.17 bits per heavy atom. The van der Waals surface area contributed by atoms with E-state index in [2.05, 4.69) is 30.5 Å². The van der Waals surface area contributed by atoms with Gasteiger partial charge < -0.3 is 25.6 Å². The monoisotopic (exact) mass is 408 g/mol. The molecule has 4 N–H and O–H groups in total. The van der Waals surface area contributed by atoms with Crippen molar-refractivity contribution in [3.63, 3.8) is 0 Å². The number of carbonyl (C=O) groups is 2. The summed E-state index contributed by atoms with van der Waals surface area (Å²) in [6, 6.07) is 9.77. The average Bonchev–Trinajstić information content (AvgIpc) is 3.23. The number of nitrogens with one attached hydrogen (secondary N) is 3. The van der Waals surface area contributed by atoms with Crippen molar-refractivity contribution in [3.05, 3.63) is 54.5 Å². The topological polar surface area (TPSA) is 123 Å². The Morgan fingerprint density at radius 3 is 2.67 bits per heavy atom. The molecule has 0 spiro atoms. The predicted molar refractivity (Wildman–Crippen MR) is 112 cm³/mol. The van der Waals surface area contributed by atoms with Gasteiger partial charge in [-0.25, -0.2) is 19.6 Å². The van der Waals surface area contributed by atoms with E-state index in [4.69, 9.17) is 0 Å². The number of carboxylic acid groups (broad SMARTS) is 1. The molecule has 4 rings (SSSR count). The van der Waals surface area contributed by atoms with Crippen molar-refractivity contribution in [2.24, 2.45) is 0 Å². The molecule has 0 aliphatic carbocycles. The van der Waals surface area contributed by atoms with E-state index in [9.17, 15) is 14.7 Å². The van der Waals surface area contributed by atoms with Crippen LogP contribution in [0, 0.1) is 0 Å². The number of amides is 2. The van der Waals surface area contributed by atoms with Gasteiger partial charge in [-0.1, -0.05) is 30.3 Å². The first kappa shape index (κ1) is 19.7. The highest BCUT2D eigenvalue weighted by Gasteiger charge is 2.25. The molecule has 9 heteroatoms. The van der Waals surface area contributed by atoms with Crippen LogP contribution in [-0.4, -0.2) is 57.2 Å². The van der Waals surface area contributed by atoms with Gasteiger partial charge in [0.2, 0.25) is 0 Å². The molecule has 0 saturated carbocycles. The second-order valence-corrected chi connectivity index (χ2v) is 7.40. The van der Waals surface area contributed by atoms with Crippen LogP contribution in [0.1, 0.15) is 18.4 Å². The molecule has 156 valence electrons. The van der Waals surface area contributed by atoms with E-state index >= 15 is 0 Å². The van der Waals surface area contributed by atoms with Crippen LogP contribution in [0.4, 0.5) is 10.6 Å². The summed E-state index contributed by atoms with van der Waals surface area (Å²) in [4.78, 5) is 37.8. The van der Waals surface area contributed by atoms with Gasteiger partial charge in [-0.3, -0.25) is 0 Å². The molecule has 3 heterocycles. The number of nitrogens with zero attached hydrogens (tertiary/aromatic N) is 3. The molecule has 9 nitrogen and oxygen atoms in total. The van der Waals surface area contributed by atoms with E-state index < -0.39 is 18.0 Å². The van der Waals surface area contributed by atoms with E-state index in [0.29, 0.717) is 0 Å². The van der Waals surface area contributed by atoms with E-state index in [1.165, 1.54) is 0 Å². The minimum absolute atomic E-state index is 0.0176. The quantitative estimate of drug-likeness (QED) is 0.494. The number of aromatic nitrogens is 3. The van der Waals surface area contributed by atoms with Crippen LogP contribution in [0.3, 0.4) is 0 Å². The number of anilines is 1. The first-order valence-electron chi connectivity index (χ1n) is 9.97. The summed E-state index contributed by atoms with van der Waals surface area (Å²) < 4.78 is 0. The third-order valence-corrected chi connectivity index (χ3v) is 5.35. The molecule has 0 radical (unpaired) electrons. The fourth-order valence-electron chi connectivity index (χ4n) is 3.78. The Kier molecular flexibility index (Phi) is 5.78. The Bertz CT molecular complexity index is 1010. The smallest absolute Gasteiger partial charge is 0.326 e. The summed E-state index contributed by atoms with van der Waals surface area (Å²) in [7, 11) is 0. The number of piperidine rings is 1. The van der Waals surface area contributed by atoms with Crippen LogP contribution in [0.25, 0.3) is 11.0 Å². The van der Waals surface area contributed by atoms with Crippen molar-refractivity contribution < 1.29 is 14.7 Å². The van der Waals surface area contributed by atoms with Gasteiger partial charge in [0.25, 0.3) is 0 Å². The van der Waals surface area contributed by atoms with Crippen LogP contribution < -0.4 is 15.5 Å². The Balaban J connectivity index is 1.30. The summed E-state index contributed by atoms with van der Waals surface area (Å²) in [5, 5.41) is 15.9. The van der Waals surface area contributed by atoms with Crippen molar-refractivity contribution in [3.8, 4) is 0 Å². The Morgan fingerprint density at radius 2 is 1.93 bits per heavy atom. The van der Waals surface area contributed by atoms with Crippen molar-refractivity contribution in [1.82, 2.24) is 25.6 Å².